The first-order valence-corrected chi connectivity index (χ1v) is 9.25. The van der Waals surface area contributed by atoms with Gasteiger partial charge in [-0.25, -0.2) is 0 Å². The Morgan fingerprint density at radius 2 is 1.53 bits per heavy atom. The van der Waals surface area contributed by atoms with Gasteiger partial charge < -0.3 is 19.5 Å². The first-order chi connectivity index (χ1) is 14.7. The number of fused-ring (bicyclic) bond motifs is 1. The van der Waals surface area contributed by atoms with Crippen molar-refractivity contribution in [1.82, 2.24) is 4.98 Å². The summed E-state index contributed by atoms with van der Waals surface area (Å²) in [5, 5.41) is 20.4. The van der Waals surface area contributed by atoms with Gasteiger partial charge in [-0.15, -0.1) is 0 Å². The average molecular weight is 397 g/mol. The van der Waals surface area contributed by atoms with Gasteiger partial charge in [0.05, 0.1) is 31.0 Å². The van der Waals surface area contributed by atoms with E-state index in [0.29, 0.717) is 28.3 Å². The zero-order chi connectivity index (χ0) is 21.1. The Morgan fingerprint density at radius 1 is 0.900 bits per heavy atom. The van der Waals surface area contributed by atoms with E-state index in [1.54, 1.807) is 50.7 Å². The Balaban J connectivity index is 2.08. The van der Waals surface area contributed by atoms with E-state index in [1.807, 2.05) is 41.3 Å². The first-order valence-electron chi connectivity index (χ1n) is 9.25. The lowest BCUT2D eigenvalue weighted by molar-refractivity contribution is 0.356. The highest BCUT2D eigenvalue weighted by molar-refractivity contribution is 6.01. The van der Waals surface area contributed by atoms with E-state index in [-0.39, 0.29) is 5.75 Å². The molecule has 1 heterocycles. The number of rotatable bonds is 5. The Kier molecular flexibility index (Phi) is 5.10. The van der Waals surface area contributed by atoms with Crippen LogP contribution in [0.3, 0.4) is 0 Å². The van der Waals surface area contributed by atoms with Crippen molar-refractivity contribution < 1.29 is 14.6 Å². The summed E-state index contributed by atoms with van der Waals surface area (Å²) in [6.07, 6.45) is 1.56. The third kappa shape index (κ3) is 3.33. The Hall–Kier alpha value is -4.24. The summed E-state index contributed by atoms with van der Waals surface area (Å²) >= 11 is 0. The molecule has 0 aliphatic carbocycles. The molecule has 0 aliphatic heterocycles. The SMILES string of the molecule is COc1cc2ncc(C#N)c(N(c3ccccc3)c3ccc(O)cc3)c2cc1OC. The largest absolute Gasteiger partial charge is 0.508 e. The standard InChI is InChI=1S/C24H19N3O3/c1-29-22-12-20-21(13-23(22)30-2)26-15-16(14-25)24(20)27(17-6-4-3-5-7-17)18-8-10-19(28)11-9-18/h3-13,15,28H,1-2H3. The van der Waals surface area contributed by atoms with Crippen molar-refractivity contribution >= 4 is 28.0 Å². The van der Waals surface area contributed by atoms with E-state index in [2.05, 4.69) is 11.1 Å². The minimum atomic E-state index is 0.165. The van der Waals surface area contributed by atoms with Gasteiger partial charge in [0.2, 0.25) is 0 Å². The monoisotopic (exact) mass is 397 g/mol. The molecule has 6 nitrogen and oxygen atoms in total. The highest BCUT2D eigenvalue weighted by Gasteiger charge is 2.21. The van der Waals surface area contributed by atoms with Crippen LogP contribution in [0.4, 0.5) is 17.1 Å². The first kappa shape index (κ1) is 19.1. The molecule has 1 aromatic heterocycles. The van der Waals surface area contributed by atoms with Gasteiger partial charge in [0, 0.05) is 29.0 Å². The Bertz CT molecular complexity index is 1230. The fraction of sp³-hybridized carbons (Fsp3) is 0.0833. The van der Waals surface area contributed by atoms with Gasteiger partial charge in [-0.1, -0.05) is 18.2 Å². The van der Waals surface area contributed by atoms with E-state index in [4.69, 9.17) is 9.47 Å². The molecule has 0 spiro atoms. The molecule has 30 heavy (non-hydrogen) atoms. The van der Waals surface area contributed by atoms with Crippen LogP contribution in [0.1, 0.15) is 5.56 Å². The highest BCUT2D eigenvalue weighted by Crippen LogP contribution is 2.43. The summed E-state index contributed by atoms with van der Waals surface area (Å²) in [7, 11) is 3.14. The van der Waals surface area contributed by atoms with Gasteiger partial charge in [0.25, 0.3) is 0 Å². The fourth-order valence-electron chi connectivity index (χ4n) is 3.41. The van der Waals surface area contributed by atoms with E-state index >= 15 is 0 Å². The molecule has 3 aromatic carbocycles. The topological polar surface area (TPSA) is 78.6 Å². The van der Waals surface area contributed by atoms with Gasteiger partial charge in [0.15, 0.2) is 11.5 Å². The zero-order valence-electron chi connectivity index (χ0n) is 16.5. The van der Waals surface area contributed by atoms with Gasteiger partial charge >= 0.3 is 0 Å². The third-order valence-corrected chi connectivity index (χ3v) is 4.81. The predicted molar refractivity (Wildman–Crippen MR) is 116 cm³/mol. The lowest BCUT2D eigenvalue weighted by atomic mass is 10.1. The molecule has 0 aliphatic rings. The van der Waals surface area contributed by atoms with Gasteiger partial charge in [0.1, 0.15) is 11.8 Å². The average Bonchev–Trinajstić information content (AvgIpc) is 2.80. The van der Waals surface area contributed by atoms with Crippen molar-refractivity contribution in [2.45, 2.75) is 0 Å². The maximum absolute atomic E-state index is 9.88. The number of nitrogens with zero attached hydrogens (tertiary/aromatic N) is 3. The molecule has 4 rings (SSSR count). The molecule has 0 atom stereocenters. The quantitative estimate of drug-likeness (QED) is 0.492. The molecule has 4 aromatic rings. The maximum atomic E-state index is 9.88. The van der Waals surface area contributed by atoms with Crippen LogP contribution in [0.25, 0.3) is 10.9 Å². The van der Waals surface area contributed by atoms with Crippen molar-refractivity contribution in [1.29, 1.82) is 5.26 Å². The van der Waals surface area contributed by atoms with Crippen LogP contribution in [0, 0.1) is 11.3 Å². The number of anilines is 3. The second-order valence-electron chi connectivity index (χ2n) is 6.54. The molecule has 148 valence electrons. The molecule has 0 saturated heterocycles. The summed E-state index contributed by atoms with van der Waals surface area (Å²) < 4.78 is 10.9. The fourth-order valence-corrected chi connectivity index (χ4v) is 3.41. The number of aromatic nitrogens is 1. The van der Waals surface area contributed by atoms with Crippen LogP contribution < -0.4 is 14.4 Å². The lowest BCUT2D eigenvalue weighted by Crippen LogP contribution is -2.12. The molecule has 1 N–H and O–H groups in total. The van der Waals surface area contributed by atoms with Crippen molar-refractivity contribution in [3.63, 3.8) is 0 Å². The van der Waals surface area contributed by atoms with E-state index in [1.165, 1.54) is 0 Å². The van der Waals surface area contributed by atoms with Crippen molar-refractivity contribution in [2.24, 2.45) is 0 Å². The Labute approximate surface area is 174 Å². The number of para-hydroxylation sites is 1. The van der Waals surface area contributed by atoms with Crippen LogP contribution >= 0.6 is 0 Å². The molecule has 0 radical (unpaired) electrons. The number of ether oxygens (including phenoxy) is 2. The Morgan fingerprint density at radius 3 is 2.17 bits per heavy atom. The second kappa shape index (κ2) is 8.02. The van der Waals surface area contributed by atoms with Crippen LogP contribution in [-0.2, 0) is 0 Å². The van der Waals surface area contributed by atoms with Crippen LogP contribution in [0.2, 0.25) is 0 Å². The number of phenols is 1. The number of benzene rings is 3. The van der Waals surface area contributed by atoms with E-state index in [0.717, 1.165) is 16.8 Å². The zero-order valence-corrected chi connectivity index (χ0v) is 16.5. The molecule has 0 bridgehead atoms. The normalized spacial score (nSPS) is 10.4. The van der Waals surface area contributed by atoms with Crippen molar-refractivity contribution in [3.8, 4) is 23.3 Å². The molecule has 6 heteroatoms. The third-order valence-electron chi connectivity index (χ3n) is 4.81. The summed E-state index contributed by atoms with van der Waals surface area (Å²) in [6.45, 7) is 0. The lowest BCUT2D eigenvalue weighted by Gasteiger charge is -2.27. The number of pyridine rings is 1. The summed E-state index contributed by atoms with van der Waals surface area (Å²) in [4.78, 5) is 6.42. The molecule has 0 fully saturated rings. The van der Waals surface area contributed by atoms with Gasteiger partial charge in [-0.05, 0) is 42.5 Å². The number of nitriles is 1. The van der Waals surface area contributed by atoms with Gasteiger partial charge in [-0.3, -0.25) is 4.98 Å². The molecule has 0 amide bonds. The van der Waals surface area contributed by atoms with Crippen molar-refractivity contribution in [2.75, 3.05) is 19.1 Å². The van der Waals surface area contributed by atoms with Crippen LogP contribution in [0.15, 0.2) is 72.9 Å². The molecule has 0 unspecified atom stereocenters. The minimum absolute atomic E-state index is 0.165. The van der Waals surface area contributed by atoms with Crippen LogP contribution in [0.5, 0.6) is 17.2 Å². The smallest absolute Gasteiger partial charge is 0.162 e. The predicted octanol–water partition coefficient (Wildman–Crippen LogP) is 5.30. The van der Waals surface area contributed by atoms with E-state index in [9.17, 15) is 10.4 Å². The summed E-state index contributed by atoms with van der Waals surface area (Å²) in [6, 6.07) is 22.4. The van der Waals surface area contributed by atoms with E-state index < -0.39 is 0 Å². The number of hydrogen-bond donors (Lipinski definition) is 1. The van der Waals surface area contributed by atoms with Gasteiger partial charge in [-0.2, -0.15) is 5.26 Å². The van der Waals surface area contributed by atoms with Crippen molar-refractivity contribution in [3.05, 3.63) is 78.5 Å². The second-order valence-corrected chi connectivity index (χ2v) is 6.54. The summed E-state index contributed by atoms with van der Waals surface area (Å²) in [5.41, 5.74) is 3.40. The number of phenolic OH excluding ortho intramolecular Hbond substituents is 1. The maximum Gasteiger partial charge on any atom is 0.162 e. The van der Waals surface area contributed by atoms with Crippen LogP contribution in [-0.4, -0.2) is 24.3 Å². The summed E-state index contributed by atoms with van der Waals surface area (Å²) in [5.74, 6) is 1.27. The highest BCUT2D eigenvalue weighted by atomic mass is 16.5. The number of aromatic hydroxyl groups is 1. The minimum Gasteiger partial charge on any atom is -0.508 e. The number of hydrogen-bond acceptors (Lipinski definition) is 6. The molecular weight excluding hydrogens is 378 g/mol. The number of methoxy groups -OCH3 is 2. The molecule has 0 saturated carbocycles. The molecular formula is C24H19N3O3.